The van der Waals surface area contributed by atoms with Crippen molar-refractivity contribution in [2.24, 2.45) is 0 Å². The highest BCUT2D eigenvalue weighted by molar-refractivity contribution is 7.99. The second kappa shape index (κ2) is 12.6. The summed E-state index contributed by atoms with van der Waals surface area (Å²) in [6, 6.07) is 14.6. The second-order valence-electron chi connectivity index (χ2n) is 7.42. The quantitative estimate of drug-likeness (QED) is 0.468. The topological polar surface area (TPSA) is 58.6 Å². The molecule has 0 saturated carbocycles. The molecule has 0 radical (unpaired) electrons. The molecule has 2 atom stereocenters. The van der Waals surface area contributed by atoms with Gasteiger partial charge < -0.3 is 15.0 Å². The lowest BCUT2D eigenvalue weighted by Gasteiger charge is -2.29. The van der Waals surface area contributed by atoms with Crippen LogP contribution in [0.5, 0.6) is 5.75 Å². The predicted octanol–water partition coefficient (Wildman–Crippen LogP) is 5.16. The number of carbonyl (C=O) groups is 2. The number of hydrogen-bond donors (Lipinski definition) is 1. The minimum atomic E-state index is -0.566. The molecule has 5 nitrogen and oxygen atoms in total. The highest BCUT2D eigenvalue weighted by Crippen LogP contribution is 2.22. The van der Waals surface area contributed by atoms with Gasteiger partial charge in [0.05, 0.1) is 7.11 Å². The maximum Gasteiger partial charge on any atom is 0.242 e. The summed E-state index contributed by atoms with van der Waals surface area (Å²) < 4.78 is 5.21. The van der Waals surface area contributed by atoms with Gasteiger partial charge in [-0.05, 0) is 62.2 Å². The number of thioether (sulfide) groups is 1. The number of halogens is 1. The molecule has 2 aromatic carbocycles. The van der Waals surface area contributed by atoms with Crippen LogP contribution in [0.4, 0.5) is 0 Å². The molecule has 0 aliphatic rings. The van der Waals surface area contributed by atoms with E-state index >= 15 is 0 Å². The van der Waals surface area contributed by atoms with E-state index in [1.807, 2.05) is 62.4 Å². The Kier molecular flexibility index (Phi) is 10.2. The number of hydrogen-bond acceptors (Lipinski definition) is 4. The Hall–Kier alpha value is -2.18. The van der Waals surface area contributed by atoms with Crippen LogP contribution in [0.15, 0.2) is 53.4 Å². The first-order chi connectivity index (χ1) is 14.8. The van der Waals surface area contributed by atoms with E-state index in [4.69, 9.17) is 16.3 Å². The smallest absolute Gasteiger partial charge is 0.242 e. The molecule has 2 rings (SSSR count). The van der Waals surface area contributed by atoms with Gasteiger partial charge in [-0.1, -0.05) is 30.7 Å². The highest BCUT2D eigenvalue weighted by Gasteiger charge is 2.26. The summed E-state index contributed by atoms with van der Waals surface area (Å²) in [5, 5.41) is 3.67. The lowest BCUT2D eigenvalue weighted by atomic mass is 10.1. The van der Waals surface area contributed by atoms with Crippen molar-refractivity contribution < 1.29 is 14.3 Å². The van der Waals surface area contributed by atoms with E-state index in [-0.39, 0.29) is 17.9 Å². The number of methoxy groups -OCH3 is 1. The summed E-state index contributed by atoms with van der Waals surface area (Å²) in [7, 11) is 1.62. The number of nitrogens with zero attached hydrogens (tertiary/aromatic N) is 1. The molecule has 0 heterocycles. The largest absolute Gasteiger partial charge is 0.497 e. The zero-order chi connectivity index (χ0) is 22.8. The molecule has 0 fully saturated rings. The van der Waals surface area contributed by atoms with E-state index in [0.29, 0.717) is 23.7 Å². The zero-order valence-electron chi connectivity index (χ0n) is 18.6. The van der Waals surface area contributed by atoms with E-state index in [9.17, 15) is 9.59 Å². The number of carbonyl (C=O) groups excluding carboxylic acids is 2. The molecule has 1 N–H and O–H groups in total. The van der Waals surface area contributed by atoms with Crippen molar-refractivity contribution in [3.05, 3.63) is 59.1 Å². The summed E-state index contributed by atoms with van der Waals surface area (Å²) in [5.41, 5.74) is 0.947. The summed E-state index contributed by atoms with van der Waals surface area (Å²) in [6.07, 6.45) is 1.17. The van der Waals surface area contributed by atoms with Crippen molar-refractivity contribution in [3.63, 3.8) is 0 Å². The molecule has 31 heavy (non-hydrogen) atoms. The van der Waals surface area contributed by atoms with Crippen LogP contribution in [0, 0.1) is 0 Å². The predicted molar refractivity (Wildman–Crippen MR) is 128 cm³/mol. The maximum atomic E-state index is 13.1. The third-order valence-electron chi connectivity index (χ3n) is 5.08. The first-order valence-electron chi connectivity index (χ1n) is 10.4. The molecule has 0 bridgehead atoms. The normalized spacial score (nSPS) is 12.7. The molecule has 0 aromatic heterocycles. The Morgan fingerprint density at radius 1 is 1.10 bits per heavy atom. The van der Waals surface area contributed by atoms with Gasteiger partial charge in [0.25, 0.3) is 0 Å². The monoisotopic (exact) mass is 462 g/mol. The summed E-state index contributed by atoms with van der Waals surface area (Å²) in [6.45, 7) is 6.13. The highest BCUT2D eigenvalue weighted by atomic mass is 35.5. The van der Waals surface area contributed by atoms with Crippen LogP contribution in [0.2, 0.25) is 5.02 Å². The van der Waals surface area contributed by atoms with Gasteiger partial charge in [0.15, 0.2) is 0 Å². The minimum absolute atomic E-state index is 0.0518. The summed E-state index contributed by atoms with van der Waals surface area (Å²) >= 11 is 7.53. The van der Waals surface area contributed by atoms with Crippen LogP contribution < -0.4 is 10.1 Å². The standard InChI is InChI=1S/C24H31ClN2O3S/c1-5-17(2)26-24(29)18(3)27(16-19-6-10-21(30-4)11-7-19)23(28)14-15-31-22-12-8-20(25)9-13-22/h6-13,17-18H,5,14-16H2,1-4H3,(H,26,29)/t17-,18+/m0/s1. The first kappa shape index (κ1) is 25.1. The van der Waals surface area contributed by atoms with Crippen molar-refractivity contribution >= 4 is 35.2 Å². The Bertz CT molecular complexity index is 843. The summed E-state index contributed by atoms with van der Waals surface area (Å²) in [5.74, 6) is 1.19. The van der Waals surface area contributed by atoms with E-state index in [2.05, 4.69) is 5.32 Å². The average molecular weight is 463 g/mol. The zero-order valence-corrected chi connectivity index (χ0v) is 20.1. The van der Waals surface area contributed by atoms with Gasteiger partial charge in [-0.15, -0.1) is 11.8 Å². The van der Waals surface area contributed by atoms with Crippen LogP contribution in [0.25, 0.3) is 0 Å². The molecule has 0 spiro atoms. The fourth-order valence-electron chi connectivity index (χ4n) is 2.91. The SMILES string of the molecule is CC[C@H](C)NC(=O)[C@@H](C)N(Cc1ccc(OC)cc1)C(=O)CCSc1ccc(Cl)cc1. The Balaban J connectivity index is 2.07. The Morgan fingerprint density at radius 2 is 1.74 bits per heavy atom. The van der Waals surface area contributed by atoms with Crippen LogP contribution in [0.3, 0.4) is 0 Å². The lowest BCUT2D eigenvalue weighted by molar-refractivity contribution is -0.140. The minimum Gasteiger partial charge on any atom is -0.497 e. The van der Waals surface area contributed by atoms with Crippen molar-refractivity contribution in [1.82, 2.24) is 10.2 Å². The number of ether oxygens (including phenoxy) is 1. The lowest BCUT2D eigenvalue weighted by Crippen LogP contribution is -2.49. The molecular formula is C24H31ClN2O3S. The van der Waals surface area contributed by atoms with Crippen molar-refractivity contribution in [1.29, 1.82) is 0 Å². The molecule has 168 valence electrons. The van der Waals surface area contributed by atoms with Crippen LogP contribution in [-0.4, -0.2) is 41.7 Å². The van der Waals surface area contributed by atoms with Crippen LogP contribution in [0.1, 0.15) is 39.2 Å². The number of amides is 2. The van der Waals surface area contributed by atoms with Crippen molar-refractivity contribution in [2.75, 3.05) is 12.9 Å². The first-order valence-corrected chi connectivity index (χ1v) is 11.8. The van der Waals surface area contributed by atoms with Gasteiger partial charge in [0.1, 0.15) is 11.8 Å². The van der Waals surface area contributed by atoms with Crippen LogP contribution >= 0.6 is 23.4 Å². The van der Waals surface area contributed by atoms with E-state index in [0.717, 1.165) is 22.6 Å². The van der Waals surface area contributed by atoms with E-state index in [1.165, 1.54) is 0 Å². The van der Waals surface area contributed by atoms with Gasteiger partial charge in [0, 0.05) is 34.7 Å². The summed E-state index contributed by atoms with van der Waals surface area (Å²) in [4.78, 5) is 28.5. The number of benzene rings is 2. The van der Waals surface area contributed by atoms with Crippen LogP contribution in [-0.2, 0) is 16.1 Å². The Labute approximate surface area is 194 Å². The molecule has 2 amide bonds. The second-order valence-corrected chi connectivity index (χ2v) is 9.02. The van der Waals surface area contributed by atoms with E-state index in [1.54, 1.807) is 30.7 Å². The molecular weight excluding hydrogens is 432 g/mol. The molecule has 0 aliphatic carbocycles. The molecule has 7 heteroatoms. The fraction of sp³-hybridized carbons (Fsp3) is 0.417. The van der Waals surface area contributed by atoms with Crippen molar-refractivity contribution in [3.8, 4) is 5.75 Å². The molecule has 0 aliphatic heterocycles. The number of nitrogens with one attached hydrogen (secondary N) is 1. The fourth-order valence-corrected chi connectivity index (χ4v) is 3.87. The van der Waals surface area contributed by atoms with Gasteiger partial charge >= 0.3 is 0 Å². The molecule has 0 saturated heterocycles. The van der Waals surface area contributed by atoms with Gasteiger partial charge in [-0.3, -0.25) is 9.59 Å². The van der Waals surface area contributed by atoms with Gasteiger partial charge in [-0.25, -0.2) is 0 Å². The van der Waals surface area contributed by atoms with Gasteiger partial charge in [-0.2, -0.15) is 0 Å². The third-order valence-corrected chi connectivity index (χ3v) is 6.34. The molecule has 0 unspecified atom stereocenters. The Morgan fingerprint density at radius 3 is 2.32 bits per heavy atom. The average Bonchev–Trinajstić information content (AvgIpc) is 2.78. The van der Waals surface area contributed by atoms with Gasteiger partial charge in [0.2, 0.25) is 11.8 Å². The van der Waals surface area contributed by atoms with Crippen molar-refractivity contribution in [2.45, 2.75) is 57.1 Å². The van der Waals surface area contributed by atoms with E-state index < -0.39 is 6.04 Å². The molecule has 2 aromatic rings. The third kappa shape index (κ3) is 8.11. The maximum absolute atomic E-state index is 13.1. The number of rotatable bonds is 11.